The van der Waals surface area contributed by atoms with Crippen LogP contribution in [0.1, 0.15) is 55.5 Å². The molecular formula is C102H81B5F11N9O7. The number of hydrogen-bond acceptors (Lipinski definition) is 11. The van der Waals surface area contributed by atoms with E-state index in [1.807, 2.05) is 167 Å². The monoisotopic (exact) mass is 1810 g/mol. The van der Waals surface area contributed by atoms with E-state index >= 15 is 17.3 Å². The van der Waals surface area contributed by atoms with Crippen molar-refractivity contribution in [2.24, 2.45) is 0 Å². The molecular weight excluding hydrogens is 1730 g/mol. The van der Waals surface area contributed by atoms with Gasteiger partial charge in [-0.25, -0.2) is 4.39 Å². The van der Waals surface area contributed by atoms with E-state index < -0.39 is 41.0 Å². The average Bonchev–Trinajstić information content (AvgIpc) is 0.714. The number of halogens is 11. The maximum absolute atomic E-state index is 15.2. The first-order chi connectivity index (χ1) is 64.8. The number of carbonyl (C=O) groups excluding carboxylic acids is 1. The van der Waals surface area contributed by atoms with Crippen LogP contribution in [-0.4, -0.2) is 131 Å². The summed E-state index contributed by atoms with van der Waals surface area (Å²) in [4.78, 5) is 22.6. The minimum Gasteiger partial charge on any atom is -0.599 e. The number of nitrogens with zero attached hydrogens (tertiary/aromatic N) is 9. The molecule has 0 spiro atoms. The first-order valence-corrected chi connectivity index (χ1v) is 43.5. The first kappa shape index (κ1) is 88.8. The van der Waals surface area contributed by atoms with Crippen molar-refractivity contribution in [1.82, 2.24) is 9.97 Å². The Labute approximate surface area is 763 Å². The van der Waals surface area contributed by atoms with E-state index in [0.717, 1.165) is 131 Å². The van der Waals surface area contributed by atoms with Crippen LogP contribution in [0, 0.1) is 5.82 Å². The lowest BCUT2D eigenvalue weighted by molar-refractivity contribution is -0.344. The van der Waals surface area contributed by atoms with Crippen LogP contribution in [0.15, 0.2) is 334 Å². The van der Waals surface area contributed by atoms with Crippen LogP contribution in [0.2, 0.25) is 0 Å². The zero-order valence-electron chi connectivity index (χ0n) is 72.5. The van der Waals surface area contributed by atoms with E-state index in [1.165, 1.54) is 67.7 Å². The molecule has 5 aliphatic rings. The molecule has 32 heteroatoms. The maximum atomic E-state index is 15.2. The van der Waals surface area contributed by atoms with Gasteiger partial charge in [0.1, 0.15) is 42.6 Å². The van der Waals surface area contributed by atoms with Gasteiger partial charge in [-0.2, -0.15) is 0 Å². The van der Waals surface area contributed by atoms with E-state index in [2.05, 4.69) is 56.2 Å². The van der Waals surface area contributed by atoms with E-state index in [9.17, 15) is 35.1 Å². The van der Waals surface area contributed by atoms with E-state index in [-0.39, 0.29) is 46.5 Å². The quantitative estimate of drug-likeness (QED) is 0.0422. The number of aromatic nitrogens is 2. The number of benzene rings is 15. The van der Waals surface area contributed by atoms with Crippen LogP contribution in [0.25, 0.3) is 76.1 Å². The molecule has 0 amide bonds. The summed E-state index contributed by atoms with van der Waals surface area (Å²) in [6, 6.07) is 91.7. The van der Waals surface area contributed by atoms with E-state index in [0.29, 0.717) is 61.5 Å². The summed E-state index contributed by atoms with van der Waals surface area (Å²) < 4.78 is 195. The molecule has 0 saturated carbocycles. The van der Waals surface area contributed by atoms with Gasteiger partial charge in [0, 0.05) is 126 Å². The minimum atomic E-state index is -4.40. The van der Waals surface area contributed by atoms with Gasteiger partial charge in [-0.15, -0.1) is 0 Å². The highest BCUT2D eigenvalue weighted by molar-refractivity contribution is 6.55. The van der Waals surface area contributed by atoms with Crippen molar-refractivity contribution in [2.45, 2.75) is 27.7 Å². The summed E-state index contributed by atoms with van der Waals surface area (Å²) >= 11 is 0. The van der Waals surface area contributed by atoms with Gasteiger partial charge in [0.25, 0.3) is 6.47 Å². The van der Waals surface area contributed by atoms with Crippen LogP contribution in [0.4, 0.5) is 87.4 Å². The lowest BCUT2D eigenvalue weighted by Crippen LogP contribution is -2.46. The molecule has 0 unspecified atom stereocenters. The van der Waals surface area contributed by atoms with Gasteiger partial charge < -0.3 is 103 Å². The second-order valence-electron chi connectivity index (χ2n) is 32.0. The molecule has 134 heavy (non-hydrogen) atoms. The fourth-order valence-electron chi connectivity index (χ4n) is 17.2. The van der Waals surface area contributed by atoms with Crippen LogP contribution >= 0.6 is 0 Å². The molecule has 0 fully saturated rings. The Bertz CT molecular complexity index is 7320. The van der Waals surface area contributed by atoms with Gasteiger partial charge >= 0.3 is 35.2 Å². The molecule has 7 heterocycles. The number of pyridine rings is 2. The number of ether oxygens (including phenoxy) is 1. The van der Waals surface area contributed by atoms with Crippen molar-refractivity contribution in [3.63, 3.8) is 0 Å². The first-order valence-electron chi connectivity index (χ1n) is 43.5. The fraction of sp³-hybridized carbons (Fsp3) is 0.0784. The molecule has 0 N–H and O–H groups in total. The normalized spacial score (nSPS) is 15.1. The Kier molecular flexibility index (Phi) is 24.4. The van der Waals surface area contributed by atoms with Gasteiger partial charge in [0.2, 0.25) is 0 Å². The van der Waals surface area contributed by atoms with E-state index in [1.54, 1.807) is 116 Å². The van der Waals surface area contributed by atoms with E-state index in [4.69, 9.17) is 28.0 Å². The molecule has 16 nitrogen and oxygen atoms in total. The maximum Gasteiger partial charge on any atom is 0.834 e. The van der Waals surface area contributed by atoms with Crippen LogP contribution < -0.4 is 37.8 Å². The smallest absolute Gasteiger partial charge is 0.599 e. The lowest BCUT2D eigenvalue weighted by atomic mass is 9.91. The molecule has 15 aromatic carbocycles. The Morgan fingerprint density at radius 2 is 0.724 bits per heavy atom. The second-order valence-corrected chi connectivity index (χ2v) is 32.0. The Hall–Kier alpha value is -15.9. The molecule has 0 saturated heterocycles. The molecule has 22 rings (SSSR count). The zero-order valence-corrected chi connectivity index (χ0v) is 72.5. The number of anilines is 2. The SMILES string of the molecule is CCN(CC)c1ccc([N+]2=Cc3cc(F)ccc3O[B-]2(F)F)cc1.CCN(CC)c1ccc2c(c1)O[B-](F)(F)[N+](c1ccc(-c3ccc(-c4ccccc4)cc3)cc1)=C2.F[B-]1(F)Oc2c(ccc3ccccc23)C=[N+]1c1cccnc1.F[B-]1(F)Oc2c(ccc3ccccc23)C=[N+]1c1cccnc1.O=COc1ccc2c(c1)O[B-](F)(F)[N+](c1ccc3ccc4cccc5ccc1c3c45)=C2. The zero-order chi connectivity index (χ0) is 93.2. The van der Waals surface area contributed by atoms with Gasteiger partial charge in [-0.05, 0) is 185 Å². The van der Waals surface area contributed by atoms with Gasteiger partial charge in [0.05, 0.1) is 69.0 Å². The van der Waals surface area contributed by atoms with Crippen molar-refractivity contribution >= 4 is 166 Å². The van der Waals surface area contributed by atoms with Crippen LogP contribution in [0.5, 0.6) is 34.5 Å². The number of fused-ring (bicyclic) bond motifs is 9. The third-order valence-corrected chi connectivity index (χ3v) is 23.9. The topological polar surface area (TPSA) is 120 Å². The molecule has 17 aromatic rings. The molecule has 668 valence electrons. The van der Waals surface area contributed by atoms with Crippen molar-refractivity contribution in [2.75, 3.05) is 36.0 Å². The molecule has 0 aliphatic carbocycles. The lowest BCUT2D eigenvalue weighted by Gasteiger charge is -2.30. The summed E-state index contributed by atoms with van der Waals surface area (Å²) in [5.41, 5.74) is 10.4. The summed E-state index contributed by atoms with van der Waals surface area (Å²) in [5.74, 6) is 0.265. The largest absolute Gasteiger partial charge is 0.834 e. The summed E-state index contributed by atoms with van der Waals surface area (Å²) in [5, 5.41) is 8.98. The highest BCUT2D eigenvalue weighted by Crippen LogP contribution is 2.45. The summed E-state index contributed by atoms with van der Waals surface area (Å²) in [7, 11) is -21.3. The van der Waals surface area contributed by atoms with Gasteiger partial charge in [-0.1, -0.05) is 152 Å². The highest BCUT2D eigenvalue weighted by Gasteiger charge is 2.55. The number of hydrogen-bond donors (Lipinski definition) is 0. The van der Waals surface area contributed by atoms with Gasteiger partial charge in [0.15, 0.2) is 28.4 Å². The van der Waals surface area contributed by atoms with Crippen molar-refractivity contribution in [1.29, 1.82) is 0 Å². The predicted molar refractivity (Wildman–Crippen MR) is 512 cm³/mol. The summed E-state index contributed by atoms with van der Waals surface area (Å²) in [6.45, 7) is 11.7. The Morgan fingerprint density at radius 3 is 1.26 bits per heavy atom. The standard InChI is InChI=1S/C29H27BF2N2O.C24H14BF2NO3.C17H18BF3N2O.2C16H11BF2N2O/c1-3-33(4-2)28-19-16-26-21-34(30(31,32)35-29(26)20-28)27-17-14-25(15-18-27)24-12-10-23(11-13-24)22-8-6-5-7-9-22;26-25(27)28(13-18-6-9-19(30-14-29)12-22(18)31-25)21-11-8-17-5-4-15-2-1-3-16-7-10-20(21)24(17)23(15)16;1-3-22(4-2)15-6-8-16(9-7-15)23-12-13-11-14(19)5-10-17(13)24-18(23,20)21;2*18-17(19)21(14-5-3-9-20-10-14)11-13-8-7-12-4-1-2-6-15(12)16(13)22-17/h5-21H,3-4H2,1-2H3;1-14H;5-12H,3-4H2,1-2H3;2*1-11H. The third kappa shape index (κ3) is 18.0. The van der Waals surface area contributed by atoms with Crippen LogP contribution in [-0.2, 0) is 4.79 Å². The molecule has 0 radical (unpaired) electrons. The second kappa shape index (κ2) is 36.8. The average molecular weight is 1810 g/mol. The molecule has 2 aromatic heterocycles. The molecule has 0 atom stereocenters. The molecule has 5 aliphatic heterocycles. The van der Waals surface area contributed by atoms with Crippen molar-refractivity contribution in [3.8, 4) is 56.8 Å². The van der Waals surface area contributed by atoms with Crippen molar-refractivity contribution in [3.05, 3.63) is 368 Å². The number of rotatable bonds is 15. The third-order valence-electron chi connectivity index (χ3n) is 23.9. The van der Waals surface area contributed by atoms with Crippen molar-refractivity contribution < 1.29 is 103 Å². The van der Waals surface area contributed by atoms with Crippen LogP contribution in [0.3, 0.4) is 0 Å². The summed E-state index contributed by atoms with van der Waals surface area (Å²) in [6.07, 6.45) is 12.8. The van der Waals surface area contributed by atoms with Gasteiger partial charge in [-0.3, -0.25) is 14.8 Å². The minimum absolute atomic E-state index is 0.0163. The predicted octanol–water partition coefficient (Wildman–Crippen LogP) is 24.8. The molecule has 0 bridgehead atoms. The Balaban J connectivity index is 0.000000113. The Morgan fingerprint density at radius 1 is 0.321 bits per heavy atom. The fourth-order valence-corrected chi connectivity index (χ4v) is 17.2. The highest BCUT2D eigenvalue weighted by atomic mass is 19.3. The number of carbonyl (C=O) groups is 1.